The van der Waals surface area contributed by atoms with E-state index >= 15 is 0 Å². The standard InChI is InChI=1S/C28H50N4O4/c1-3-4-5-6-7-8-9-10-11-12-13-14-15-16-17-18-26(33)30-20-19-27(34)31-25(28(35)36)21-24-22-29-23-32(24)2/h22-23,25H,3-21H2,1-2H3,(H,30,33)(H,31,34)(H,35,36)/t25-/m0/s1. The molecule has 1 aromatic heterocycles. The van der Waals surface area contributed by atoms with Crippen molar-refractivity contribution in [3.63, 3.8) is 0 Å². The van der Waals surface area contributed by atoms with E-state index in [1.807, 2.05) is 0 Å². The maximum absolute atomic E-state index is 12.1. The first-order valence-electron chi connectivity index (χ1n) is 14.2. The summed E-state index contributed by atoms with van der Waals surface area (Å²) in [6.45, 7) is 2.47. The van der Waals surface area contributed by atoms with Gasteiger partial charge in [-0.25, -0.2) is 9.78 Å². The largest absolute Gasteiger partial charge is 0.480 e. The summed E-state index contributed by atoms with van der Waals surface area (Å²) >= 11 is 0. The zero-order valence-electron chi connectivity index (χ0n) is 22.7. The summed E-state index contributed by atoms with van der Waals surface area (Å²) in [5.41, 5.74) is 0.722. The van der Waals surface area contributed by atoms with Crippen LogP contribution >= 0.6 is 0 Å². The van der Waals surface area contributed by atoms with E-state index < -0.39 is 17.9 Å². The quantitative estimate of drug-likeness (QED) is 0.174. The third-order valence-electron chi connectivity index (χ3n) is 6.64. The second kappa shape index (κ2) is 20.8. The van der Waals surface area contributed by atoms with Crippen molar-refractivity contribution in [2.75, 3.05) is 6.54 Å². The highest BCUT2D eigenvalue weighted by Gasteiger charge is 2.21. The van der Waals surface area contributed by atoms with Crippen LogP contribution in [0.25, 0.3) is 0 Å². The predicted molar refractivity (Wildman–Crippen MR) is 144 cm³/mol. The number of nitrogens with one attached hydrogen (secondary N) is 2. The van der Waals surface area contributed by atoms with Gasteiger partial charge in [0, 0.05) is 44.7 Å². The number of hydrogen-bond donors (Lipinski definition) is 3. The van der Waals surface area contributed by atoms with Gasteiger partial charge in [0.25, 0.3) is 0 Å². The van der Waals surface area contributed by atoms with Gasteiger partial charge in [-0.15, -0.1) is 0 Å². The molecule has 206 valence electrons. The predicted octanol–water partition coefficient (Wildman–Crippen LogP) is 5.30. The van der Waals surface area contributed by atoms with Gasteiger partial charge in [-0.05, 0) is 6.42 Å². The van der Waals surface area contributed by atoms with Gasteiger partial charge in [0.05, 0.1) is 6.33 Å². The average molecular weight is 507 g/mol. The number of aromatic nitrogens is 2. The number of carboxylic acid groups (broad SMARTS) is 1. The van der Waals surface area contributed by atoms with Crippen LogP contribution < -0.4 is 10.6 Å². The lowest BCUT2D eigenvalue weighted by Gasteiger charge is -2.15. The smallest absolute Gasteiger partial charge is 0.326 e. The third-order valence-corrected chi connectivity index (χ3v) is 6.64. The van der Waals surface area contributed by atoms with Gasteiger partial charge in [0.1, 0.15) is 6.04 Å². The maximum Gasteiger partial charge on any atom is 0.326 e. The molecule has 1 heterocycles. The molecule has 0 bridgehead atoms. The van der Waals surface area contributed by atoms with Crippen LogP contribution in [0.4, 0.5) is 0 Å². The van der Waals surface area contributed by atoms with Crippen LogP contribution in [0.3, 0.4) is 0 Å². The monoisotopic (exact) mass is 506 g/mol. The maximum atomic E-state index is 12.1. The first kappa shape index (κ1) is 31.6. The zero-order chi connectivity index (χ0) is 26.4. The lowest BCUT2D eigenvalue weighted by molar-refractivity contribution is -0.141. The summed E-state index contributed by atoms with van der Waals surface area (Å²) in [5, 5.41) is 14.7. The van der Waals surface area contributed by atoms with Gasteiger partial charge >= 0.3 is 5.97 Å². The van der Waals surface area contributed by atoms with E-state index in [4.69, 9.17) is 0 Å². The van der Waals surface area contributed by atoms with E-state index in [0.29, 0.717) is 6.42 Å². The SMILES string of the molecule is CCCCCCCCCCCCCCCCCC(=O)NCCC(=O)N[C@@H](Cc1cncn1C)C(=O)O. The van der Waals surface area contributed by atoms with Gasteiger partial charge in [-0.3, -0.25) is 9.59 Å². The van der Waals surface area contributed by atoms with Crippen LogP contribution in [0, 0.1) is 0 Å². The fourth-order valence-electron chi connectivity index (χ4n) is 4.32. The van der Waals surface area contributed by atoms with E-state index in [1.54, 1.807) is 24.1 Å². The number of carbonyl (C=O) groups excluding carboxylic acids is 2. The Balaban J connectivity index is 1.95. The van der Waals surface area contributed by atoms with Crippen molar-refractivity contribution in [2.45, 2.75) is 129 Å². The Labute approximate surface area is 218 Å². The normalized spacial score (nSPS) is 11.8. The molecule has 0 radical (unpaired) electrons. The van der Waals surface area contributed by atoms with Gasteiger partial charge < -0.3 is 20.3 Å². The number of unbranched alkanes of at least 4 members (excludes halogenated alkanes) is 14. The van der Waals surface area contributed by atoms with Crippen LogP contribution in [0.5, 0.6) is 0 Å². The van der Waals surface area contributed by atoms with Crippen LogP contribution in [0.1, 0.15) is 122 Å². The average Bonchev–Trinajstić information content (AvgIpc) is 3.25. The van der Waals surface area contributed by atoms with Gasteiger partial charge in [0.2, 0.25) is 11.8 Å². The van der Waals surface area contributed by atoms with Gasteiger partial charge in [-0.2, -0.15) is 0 Å². The lowest BCUT2D eigenvalue weighted by atomic mass is 10.0. The van der Waals surface area contributed by atoms with Gasteiger partial charge in [-0.1, -0.05) is 96.8 Å². The Morgan fingerprint density at radius 2 is 1.36 bits per heavy atom. The summed E-state index contributed by atoms with van der Waals surface area (Å²) in [6, 6.07) is -1.02. The fourth-order valence-corrected chi connectivity index (χ4v) is 4.32. The minimum Gasteiger partial charge on any atom is -0.480 e. The zero-order valence-corrected chi connectivity index (χ0v) is 22.7. The van der Waals surface area contributed by atoms with Crippen molar-refractivity contribution < 1.29 is 19.5 Å². The summed E-state index contributed by atoms with van der Waals surface area (Å²) in [6.07, 6.45) is 23.2. The number of aliphatic carboxylic acids is 1. The molecule has 1 rings (SSSR count). The molecule has 8 heteroatoms. The molecule has 0 aliphatic carbocycles. The second-order valence-electron chi connectivity index (χ2n) is 9.96. The van der Waals surface area contributed by atoms with Crippen molar-refractivity contribution >= 4 is 17.8 Å². The molecular formula is C28H50N4O4. The van der Waals surface area contributed by atoms with Crippen LogP contribution in [0.15, 0.2) is 12.5 Å². The number of nitrogens with zero attached hydrogens (tertiary/aromatic N) is 2. The summed E-state index contributed by atoms with van der Waals surface area (Å²) in [4.78, 5) is 39.5. The molecule has 0 saturated carbocycles. The fraction of sp³-hybridized carbons (Fsp3) is 0.786. The Morgan fingerprint density at radius 1 is 0.833 bits per heavy atom. The molecule has 2 amide bonds. The van der Waals surface area contributed by atoms with Crippen LogP contribution in [-0.4, -0.2) is 45.0 Å². The van der Waals surface area contributed by atoms with Gasteiger partial charge in [0.15, 0.2) is 0 Å². The molecule has 0 aromatic carbocycles. The van der Waals surface area contributed by atoms with Crippen molar-refractivity contribution in [3.8, 4) is 0 Å². The highest BCUT2D eigenvalue weighted by molar-refractivity contribution is 5.84. The molecule has 36 heavy (non-hydrogen) atoms. The van der Waals surface area contributed by atoms with E-state index in [1.165, 1.54) is 83.5 Å². The Hall–Kier alpha value is -2.38. The van der Waals surface area contributed by atoms with E-state index in [9.17, 15) is 19.5 Å². The summed E-state index contributed by atoms with van der Waals surface area (Å²) in [7, 11) is 1.78. The van der Waals surface area contributed by atoms with Crippen molar-refractivity contribution in [3.05, 3.63) is 18.2 Å². The number of carbonyl (C=O) groups is 3. The van der Waals surface area contributed by atoms with Crippen LogP contribution in [-0.2, 0) is 27.9 Å². The highest BCUT2D eigenvalue weighted by Crippen LogP contribution is 2.13. The number of hydrogen-bond acceptors (Lipinski definition) is 4. The first-order chi connectivity index (χ1) is 17.4. The molecule has 0 aliphatic heterocycles. The first-order valence-corrected chi connectivity index (χ1v) is 14.2. The number of aryl methyl sites for hydroxylation is 1. The van der Waals surface area contributed by atoms with E-state index in [-0.39, 0.29) is 25.3 Å². The molecule has 0 spiro atoms. The number of imidazole rings is 1. The molecular weight excluding hydrogens is 456 g/mol. The highest BCUT2D eigenvalue weighted by atomic mass is 16.4. The Morgan fingerprint density at radius 3 is 1.83 bits per heavy atom. The molecule has 3 N–H and O–H groups in total. The number of amides is 2. The van der Waals surface area contributed by atoms with Crippen molar-refractivity contribution in [1.82, 2.24) is 20.2 Å². The molecule has 0 fully saturated rings. The van der Waals surface area contributed by atoms with Crippen molar-refractivity contribution in [1.29, 1.82) is 0 Å². The van der Waals surface area contributed by atoms with E-state index in [2.05, 4.69) is 22.5 Å². The number of rotatable bonds is 23. The minimum absolute atomic E-state index is 0.0536. The summed E-state index contributed by atoms with van der Waals surface area (Å²) in [5.74, 6) is -1.54. The van der Waals surface area contributed by atoms with Crippen molar-refractivity contribution in [2.24, 2.45) is 7.05 Å². The molecule has 1 atom stereocenters. The molecule has 0 aliphatic rings. The summed E-state index contributed by atoms with van der Waals surface area (Å²) < 4.78 is 1.72. The molecule has 0 unspecified atom stereocenters. The van der Waals surface area contributed by atoms with E-state index in [0.717, 1.165) is 18.5 Å². The Kier molecular flexibility index (Phi) is 18.3. The number of carboxylic acids is 1. The molecule has 8 nitrogen and oxygen atoms in total. The minimum atomic E-state index is -1.10. The molecule has 1 aromatic rings. The second-order valence-corrected chi connectivity index (χ2v) is 9.96. The Bertz CT molecular complexity index is 735. The lowest BCUT2D eigenvalue weighted by Crippen LogP contribution is -2.43. The molecule has 0 saturated heterocycles. The topological polar surface area (TPSA) is 113 Å². The third kappa shape index (κ3) is 16.3. The van der Waals surface area contributed by atoms with Crippen LogP contribution in [0.2, 0.25) is 0 Å².